The molecule has 2 aromatic carbocycles. The summed E-state index contributed by atoms with van der Waals surface area (Å²) in [6.45, 7) is 0. The normalized spacial score (nSPS) is 16.2. The lowest BCUT2D eigenvalue weighted by Gasteiger charge is -2.10. The molecule has 1 aliphatic carbocycles. The van der Waals surface area contributed by atoms with Crippen molar-refractivity contribution in [2.75, 3.05) is 4.72 Å². The second kappa shape index (κ2) is 6.20. The maximum atomic E-state index is 13.7. The van der Waals surface area contributed by atoms with Gasteiger partial charge in [-0.1, -0.05) is 24.3 Å². The topological polar surface area (TPSA) is 86.5 Å². The van der Waals surface area contributed by atoms with Crippen LogP contribution in [0.3, 0.4) is 0 Å². The van der Waals surface area contributed by atoms with Gasteiger partial charge >= 0.3 is 0 Å². The fourth-order valence-corrected chi connectivity index (χ4v) is 4.89. The van der Waals surface area contributed by atoms with Crippen LogP contribution >= 0.6 is 0 Å². The summed E-state index contributed by atoms with van der Waals surface area (Å²) in [5, 5.41) is 7.09. The lowest BCUT2D eigenvalue weighted by Crippen LogP contribution is -2.17. The summed E-state index contributed by atoms with van der Waals surface area (Å²) in [6, 6.07) is 12.1. The van der Waals surface area contributed by atoms with E-state index in [4.69, 9.17) is 4.98 Å². The van der Waals surface area contributed by atoms with Crippen LogP contribution in [0.2, 0.25) is 0 Å². The largest absolute Gasteiger partial charge is 0.337 e. The SMILES string of the molecule is C=S(=O)(Nc1cn[nH]c1-c1nc2c(-c3cccc(F)c3)cccc2[nH]1)C1CC1. The molecule has 5 rings (SSSR count). The first-order valence-electron chi connectivity index (χ1n) is 8.93. The number of hydrogen-bond acceptors (Lipinski definition) is 3. The molecule has 3 N–H and O–H groups in total. The van der Waals surface area contributed by atoms with Gasteiger partial charge in [0, 0.05) is 20.5 Å². The number of benzene rings is 2. The molecule has 6 nitrogen and oxygen atoms in total. The molecule has 1 aliphatic rings. The van der Waals surface area contributed by atoms with Gasteiger partial charge in [0.1, 0.15) is 11.5 Å². The van der Waals surface area contributed by atoms with Crippen LogP contribution in [0.5, 0.6) is 0 Å². The van der Waals surface area contributed by atoms with Gasteiger partial charge < -0.3 is 9.71 Å². The molecule has 2 heterocycles. The summed E-state index contributed by atoms with van der Waals surface area (Å²) in [5.41, 5.74) is 4.32. The van der Waals surface area contributed by atoms with Gasteiger partial charge in [0.15, 0.2) is 5.82 Å². The number of nitrogens with zero attached hydrogens (tertiary/aromatic N) is 2. The van der Waals surface area contributed by atoms with E-state index in [1.54, 1.807) is 12.3 Å². The molecule has 1 atom stereocenters. The monoisotopic (exact) mass is 395 g/mol. The maximum absolute atomic E-state index is 13.7. The first-order chi connectivity index (χ1) is 13.5. The van der Waals surface area contributed by atoms with Crippen LogP contribution in [0, 0.1) is 5.82 Å². The van der Waals surface area contributed by atoms with Crippen LogP contribution in [-0.4, -0.2) is 35.5 Å². The molecule has 1 unspecified atom stereocenters. The molecule has 142 valence electrons. The Balaban J connectivity index is 1.59. The average Bonchev–Trinajstić information content (AvgIpc) is 3.30. The molecule has 0 amide bonds. The van der Waals surface area contributed by atoms with Crippen molar-refractivity contribution in [1.29, 1.82) is 0 Å². The molecule has 0 spiro atoms. The predicted octanol–water partition coefficient (Wildman–Crippen LogP) is 3.96. The molecule has 0 aliphatic heterocycles. The maximum Gasteiger partial charge on any atom is 0.158 e. The van der Waals surface area contributed by atoms with Crippen molar-refractivity contribution in [1.82, 2.24) is 20.2 Å². The molecule has 28 heavy (non-hydrogen) atoms. The van der Waals surface area contributed by atoms with Crippen molar-refractivity contribution in [3.05, 3.63) is 54.5 Å². The number of para-hydroxylation sites is 1. The highest BCUT2D eigenvalue weighted by molar-refractivity contribution is 8.02. The standard InChI is InChI=1S/C20H18FN5OS/c1-28(27,14-8-9-14)26-17-11-22-25-19(17)20-23-16-7-3-6-15(18(16)24-20)12-4-2-5-13(21)10-12/h2-7,10-11,14H,1,8-9H2,(H,22,25)(H,23,24)(H,26,27). The van der Waals surface area contributed by atoms with Gasteiger partial charge in [-0.05, 0) is 42.5 Å². The van der Waals surface area contributed by atoms with Gasteiger partial charge in [-0.15, -0.1) is 0 Å². The molecule has 4 aromatic rings. The summed E-state index contributed by atoms with van der Waals surface area (Å²) in [6.07, 6.45) is 3.43. The fourth-order valence-electron chi connectivity index (χ4n) is 3.30. The van der Waals surface area contributed by atoms with Crippen molar-refractivity contribution in [3.8, 4) is 22.6 Å². The molecule has 1 saturated carbocycles. The average molecular weight is 395 g/mol. The Labute approximate surface area is 161 Å². The number of nitrogens with one attached hydrogen (secondary N) is 3. The Morgan fingerprint density at radius 1 is 1.21 bits per heavy atom. The first kappa shape index (κ1) is 17.0. The lowest BCUT2D eigenvalue weighted by molar-refractivity contribution is 0.628. The number of hydrogen-bond donors (Lipinski definition) is 3. The Hall–Kier alpha value is -3.13. The Morgan fingerprint density at radius 3 is 2.82 bits per heavy atom. The number of anilines is 1. The molecule has 1 fully saturated rings. The second-order valence-corrected chi connectivity index (χ2v) is 9.31. The molecule has 8 heteroatoms. The summed E-state index contributed by atoms with van der Waals surface area (Å²) in [5.74, 6) is 4.12. The van der Waals surface area contributed by atoms with Gasteiger partial charge in [0.25, 0.3) is 0 Å². The number of halogens is 1. The predicted molar refractivity (Wildman–Crippen MR) is 111 cm³/mol. The van der Waals surface area contributed by atoms with E-state index in [2.05, 4.69) is 25.8 Å². The van der Waals surface area contributed by atoms with E-state index < -0.39 is 9.71 Å². The minimum atomic E-state index is -2.42. The molecular weight excluding hydrogens is 377 g/mol. The van der Waals surface area contributed by atoms with E-state index >= 15 is 0 Å². The van der Waals surface area contributed by atoms with Crippen LogP contribution in [0.15, 0.2) is 48.7 Å². The van der Waals surface area contributed by atoms with Crippen LogP contribution < -0.4 is 4.72 Å². The Bertz CT molecular complexity index is 1290. The van der Waals surface area contributed by atoms with Crippen molar-refractivity contribution in [2.45, 2.75) is 18.1 Å². The smallest absolute Gasteiger partial charge is 0.158 e. The highest BCUT2D eigenvalue weighted by atomic mass is 32.2. The first-order valence-corrected chi connectivity index (χ1v) is 10.7. The zero-order valence-corrected chi connectivity index (χ0v) is 15.7. The number of aromatic amines is 2. The number of H-pyrrole nitrogens is 2. The van der Waals surface area contributed by atoms with Crippen LogP contribution in [0.25, 0.3) is 33.7 Å². The third-order valence-corrected chi connectivity index (χ3v) is 6.98. The van der Waals surface area contributed by atoms with E-state index in [1.807, 2.05) is 24.3 Å². The number of imidazole rings is 1. The van der Waals surface area contributed by atoms with E-state index in [-0.39, 0.29) is 11.1 Å². The van der Waals surface area contributed by atoms with Gasteiger partial charge in [0.2, 0.25) is 0 Å². The van der Waals surface area contributed by atoms with E-state index in [0.29, 0.717) is 17.2 Å². The van der Waals surface area contributed by atoms with Crippen molar-refractivity contribution >= 4 is 32.3 Å². The van der Waals surface area contributed by atoms with Gasteiger partial charge in [-0.3, -0.25) is 5.10 Å². The van der Waals surface area contributed by atoms with Crippen molar-refractivity contribution < 1.29 is 8.60 Å². The van der Waals surface area contributed by atoms with Crippen LogP contribution in [-0.2, 0) is 9.71 Å². The summed E-state index contributed by atoms with van der Waals surface area (Å²) < 4.78 is 29.4. The second-order valence-electron chi connectivity index (χ2n) is 6.98. The Kier molecular flexibility index (Phi) is 3.77. The van der Waals surface area contributed by atoms with Crippen LogP contribution in [0.1, 0.15) is 12.8 Å². The zero-order valence-electron chi connectivity index (χ0n) is 14.9. The molecule has 0 bridgehead atoms. The zero-order chi connectivity index (χ0) is 19.3. The summed E-state index contributed by atoms with van der Waals surface area (Å²) in [4.78, 5) is 7.97. The van der Waals surface area contributed by atoms with E-state index in [0.717, 1.165) is 35.0 Å². The highest BCUT2D eigenvalue weighted by Crippen LogP contribution is 2.34. The number of rotatable bonds is 5. The molecule has 0 radical (unpaired) electrons. The fraction of sp³-hybridized carbons (Fsp3) is 0.150. The molecule has 0 saturated heterocycles. The minimum absolute atomic E-state index is 0.102. The van der Waals surface area contributed by atoms with Crippen molar-refractivity contribution in [3.63, 3.8) is 0 Å². The summed E-state index contributed by atoms with van der Waals surface area (Å²) >= 11 is 0. The number of aromatic nitrogens is 4. The number of fused-ring (bicyclic) bond motifs is 1. The third-order valence-electron chi connectivity index (χ3n) is 4.87. The minimum Gasteiger partial charge on any atom is -0.337 e. The summed E-state index contributed by atoms with van der Waals surface area (Å²) in [7, 11) is -2.42. The van der Waals surface area contributed by atoms with Crippen molar-refractivity contribution in [2.24, 2.45) is 0 Å². The Morgan fingerprint density at radius 2 is 2.04 bits per heavy atom. The third kappa shape index (κ3) is 2.95. The lowest BCUT2D eigenvalue weighted by atomic mass is 10.0. The van der Waals surface area contributed by atoms with E-state index in [9.17, 15) is 8.60 Å². The van der Waals surface area contributed by atoms with E-state index in [1.165, 1.54) is 12.1 Å². The van der Waals surface area contributed by atoms with Gasteiger partial charge in [0.05, 0.1) is 22.9 Å². The molecular formula is C20H18FN5OS. The van der Waals surface area contributed by atoms with Gasteiger partial charge in [-0.25, -0.2) is 13.6 Å². The quantitative estimate of drug-likeness (QED) is 0.447. The molecule has 2 aromatic heterocycles. The van der Waals surface area contributed by atoms with Crippen LogP contribution in [0.4, 0.5) is 10.1 Å². The highest BCUT2D eigenvalue weighted by Gasteiger charge is 2.31. The van der Waals surface area contributed by atoms with Gasteiger partial charge in [-0.2, -0.15) is 5.10 Å².